The molecule has 0 amide bonds. The summed E-state index contributed by atoms with van der Waals surface area (Å²) in [5.41, 5.74) is 5.34. The number of benzene rings is 1. The van der Waals surface area contributed by atoms with Gasteiger partial charge in [0.2, 0.25) is 0 Å². The van der Waals surface area contributed by atoms with Crippen molar-refractivity contribution in [3.05, 3.63) is 35.0 Å². The molecule has 0 aliphatic carbocycles. The maximum absolute atomic E-state index is 5.40. The van der Waals surface area contributed by atoms with Crippen LogP contribution in [0.15, 0.2) is 18.2 Å². The Morgan fingerprint density at radius 1 is 1.32 bits per heavy atom. The quantitative estimate of drug-likeness (QED) is 0.894. The smallest absolute Gasteiger partial charge is 0.0722 e. The third kappa shape index (κ3) is 2.67. The van der Waals surface area contributed by atoms with Gasteiger partial charge in [0, 0.05) is 36.8 Å². The van der Waals surface area contributed by atoms with Crippen molar-refractivity contribution in [2.24, 2.45) is 0 Å². The summed E-state index contributed by atoms with van der Waals surface area (Å²) in [6, 6.07) is 6.72. The van der Waals surface area contributed by atoms with E-state index in [1.54, 1.807) is 7.11 Å². The summed E-state index contributed by atoms with van der Waals surface area (Å²) in [6.07, 6.45) is 0.227. The Labute approximate surface area is 115 Å². The number of hydrogen-bond acceptors (Lipinski definition) is 2. The predicted octanol–water partition coefficient (Wildman–Crippen LogP) is 3.01. The first-order chi connectivity index (χ1) is 9.08. The molecular weight excluding hydrogens is 236 g/mol. The van der Waals surface area contributed by atoms with Gasteiger partial charge in [0.15, 0.2) is 0 Å². The summed E-state index contributed by atoms with van der Waals surface area (Å²) >= 11 is 0. The van der Waals surface area contributed by atoms with Gasteiger partial charge in [-0.3, -0.25) is 0 Å². The second kappa shape index (κ2) is 5.76. The molecule has 2 aromatic rings. The van der Waals surface area contributed by atoms with Gasteiger partial charge in [0.25, 0.3) is 0 Å². The number of nitrogens with zero attached hydrogens (tertiary/aromatic N) is 1. The summed E-state index contributed by atoms with van der Waals surface area (Å²) < 4.78 is 7.76. The lowest BCUT2D eigenvalue weighted by molar-refractivity contribution is 0.104. The van der Waals surface area contributed by atoms with Crippen LogP contribution in [0.4, 0.5) is 0 Å². The maximum Gasteiger partial charge on any atom is 0.0722 e. The molecular formula is C16H24N2O. The van der Waals surface area contributed by atoms with E-state index in [2.05, 4.69) is 48.9 Å². The molecule has 0 radical (unpaired) electrons. The molecule has 0 fully saturated rings. The van der Waals surface area contributed by atoms with Crippen molar-refractivity contribution in [1.82, 2.24) is 9.88 Å². The number of methoxy groups -OCH3 is 1. The summed E-state index contributed by atoms with van der Waals surface area (Å²) in [5.74, 6) is 0. The SMILES string of the molecule is CNCc1ccc2c(c1)c(C)c(C)n2CC(C)OC. The van der Waals surface area contributed by atoms with Crippen molar-refractivity contribution < 1.29 is 4.74 Å². The number of ether oxygens (including phenoxy) is 1. The van der Waals surface area contributed by atoms with Gasteiger partial charge in [0.1, 0.15) is 0 Å². The van der Waals surface area contributed by atoms with Crippen molar-refractivity contribution in [2.75, 3.05) is 14.2 Å². The van der Waals surface area contributed by atoms with Crippen molar-refractivity contribution in [1.29, 1.82) is 0 Å². The Balaban J connectivity index is 2.50. The van der Waals surface area contributed by atoms with E-state index in [0.29, 0.717) is 0 Å². The third-order valence-corrected chi connectivity index (χ3v) is 3.93. The Hall–Kier alpha value is -1.32. The van der Waals surface area contributed by atoms with E-state index < -0.39 is 0 Å². The van der Waals surface area contributed by atoms with Gasteiger partial charge in [-0.05, 0) is 51.1 Å². The maximum atomic E-state index is 5.40. The molecule has 104 valence electrons. The lowest BCUT2D eigenvalue weighted by Gasteiger charge is -2.14. The van der Waals surface area contributed by atoms with Crippen LogP contribution in [-0.4, -0.2) is 24.8 Å². The summed E-state index contributed by atoms with van der Waals surface area (Å²) in [7, 11) is 3.75. The molecule has 1 atom stereocenters. The lowest BCUT2D eigenvalue weighted by Crippen LogP contribution is -2.15. The number of fused-ring (bicyclic) bond motifs is 1. The molecule has 0 spiro atoms. The Kier molecular flexibility index (Phi) is 4.27. The molecule has 1 unspecified atom stereocenters. The summed E-state index contributed by atoms with van der Waals surface area (Å²) in [5, 5.41) is 4.56. The molecule has 1 heterocycles. The molecule has 19 heavy (non-hydrogen) atoms. The fourth-order valence-electron chi connectivity index (χ4n) is 2.58. The van der Waals surface area contributed by atoms with Crippen LogP contribution >= 0.6 is 0 Å². The number of nitrogens with one attached hydrogen (secondary N) is 1. The van der Waals surface area contributed by atoms with E-state index in [0.717, 1.165) is 13.1 Å². The second-order valence-corrected chi connectivity index (χ2v) is 5.25. The average Bonchev–Trinajstić information content (AvgIpc) is 2.64. The van der Waals surface area contributed by atoms with Gasteiger partial charge in [-0.25, -0.2) is 0 Å². The first-order valence-corrected chi connectivity index (χ1v) is 6.84. The molecule has 1 N–H and O–H groups in total. The number of hydrogen-bond donors (Lipinski definition) is 1. The first kappa shape index (κ1) is 14.1. The molecule has 1 aromatic heterocycles. The van der Waals surface area contributed by atoms with E-state index in [9.17, 15) is 0 Å². The third-order valence-electron chi connectivity index (χ3n) is 3.93. The van der Waals surface area contributed by atoms with Gasteiger partial charge in [-0.15, -0.1) is 0 Å². The van der Waals surface area contributed by atoms with Crippen molar-refractivity contribution >= 4 is 10.9 Å². The molecule has 0 bridgehead atoms. The van der Waals surface area contributed by atoms with Gasteiger partial charge in [-0.1, -0.05) is 6.07 Å². The molecule has 0 aliphatic rings. The normalized spacial score (nSPS) is 13.1. The van der Waals surface area contributed by atoms with Gasteiger partial charge >= 0.3 is 0 Å². The zero-order chi connectivity index (χ0) is 14.0. The number of aryl methyl sites for hydroxylation is 1. The summed E-state index contributed by atoms with van der Waals surface area (Å²) in [6.45, 7) is 8.31. The Bertz CT molecular complexity index is 572. The second-order valence-electron chi connectivity index (χ2n) is 5.25. The van der Waals surface area contributed by atoms with Gasteiger partial charge in [-0.2, -0.15) is 0 Å². The van der Waals surface area contributed by atoms with Crippen LogP contribution in [0.1, 0.15) is 23.7 Å². The molecule has 2 rings (SSSR count). The molecule has 1 aromatic carbocycles. The predicted molar refractivity (Wildman–Crippen MR) is 80.6 cm³/mol. The topological polar surface area (TPSA) is 26.2 Å². The number of aromatic nitrogens is 1. The Morgan fingerprint density at radius 2 is 2.05 bits per heavy atom. The van der Waals surface area contributed by atoms with E-state index in [1.807, 2.05) is 7.05 Å². The highest BCUT2D eigenvalue weighted by Crippen LogP contribution is 2.26. The van der Waals surface area contributed by atoms with Crippen molar-refractivity contribution in [3.63, 3.8) is 0 Å². The highest BCUT2D eigenvalue weighted by atomic mass is 16.5. The minimum Gasteiger partial charge on any atom is -0.380 e. The van der Waals surface area contributed by atoms with Crippen LogP contribution in [0.5, 0.6) is 0 Å². The summed E-state index contributed by atoms with van der Waals surface area (Å²) in [4.78, 5) is 0. The van der Waals surface area contributed by atoms with E-state index >= 15 is 0 Å². The van der Waals surface area contributed by atoms with Gasteiger partial charge in [0.05, 0.1) is 6.10 Å². The van der Waals surface area contributed by atoms with Crippen LogP contribution in [0.25, 0.3) is 10.9 Å². The largest absolute Gasteiger partial charge is 0.380 e. The monoisotopic (exact) mass is 260 g/mol. The Morgan fingerprint density at radius 3 is 2.68 bits per heavy atom. The fraction of sp³-hybridized carbons (Fsp3) is 0.500. The standard InChI is InChI=1S/C16H24N2O/c1-11(19-5)10-18-13(3)12(2)15-8-14(9-17-4)6-7-16(15)18/h6-8,11,17H,9-10H2,1-5H3. The average molecular weight is 260 g/mol. The highest BCUT2D eigenvalue weighted by Gasteiger charge is 2.13. The molecule has 0 saturated heterocycles. The molecule has 3 nitrogen and oxygen atoms in total. The minimum absolute atomic E-state index is 0.227. The van der Waals surface area contributed by atoms with Crippen LogP contribution in [0.2, 0.25) is 0 Å². The van der Waals surface area contributed by atoms with E-state index in [4.69, 9.17) is 4.74 Å². The first-order valence-electron chi connectivity index (χ1n) is 6.84. The van der Waals surface area contributed by atoms with Crippen LogP contribution in [0, 0.1) is 13.8 Å². The number of rotatable bonds is 5. The van der Waals surface area contributed by atoms with Crippen molar-refractivity contribution in [3.8, 4) is 0 Å². The zero-order valence-electron chi connectivity index (χ0n) is 12.6. The zero-order valence-corrected chi connectivity index (χ0v) is 12.6. The molecule has 0 aliphatic heterocycles. The van der Waals surface area contributed by atoms with E-state index in [1.165, 1.54) is 27.7 Å². The highest BCUT2D eigenvalue weighted by molar-refractivity contribution is 5.86. The van der Waals surface area contributed by atoms with Crippen LogP contribution < -0.4 is 5.32 Å². The fourth-order valence-corrected chi connectivity index (χ4v) is 2.58. The van der Waals surface area contributed by atoms with Crippen molar-refractivity contribution in [2.45, 2.75) is 40.0 Å². The molecule has 0 saturated carbocycles. The molecule has 3 heteroatoms. The van der Waals surface area contributed by atoms with Crippen LogP contribution in [-0.2, 0) is 17.8 Å². The van der Waals surface area contributed by atoms with Gasteiger partial charge < -0.3 is 14.6 Å². The van der Waals surface area contributed by atoms with Crippen LogP contribution in [0.3, 0.4) is 0 Å². The lowest BCUT2D eigenvalue weighted by atomic mass is 10.1. The van der Waals surface area contributed by atoms with E-state index in [-0.39, 0.29) is 6.10 Å². The minimum atomic E-state index is 0.227.